The van der Waals surface area contributed by atoms with Crippen LogP contribution in [0.25, 0.3) is 0 Å². The summed E-state index contributed by atoms with van der Waals surface area (Å²) in [5.74, 6) is -0.428. The lowest BCUT2D eigenvalue weighted by Crippen LogP contribution is -2.04. The lowest BCUT2D eigenvalue weighted by atomic mass is 10.1. The molecule has 21 heavy (non-hydrogen) atoms. The van der Waals surface area contributed by atoms with Gasteiger partial charge in [0.05, 0.1) is 5.71 Å². The number of benzene rings is 2. The summed E-state index contributed by atoms with van der Waals surface area (Å²) in [6, 6.07) is 8.19. The van der Waals surface area contributed by atoms with Crippen LogP contribution in [0.15, 0.2) is 46.0 Å². The van der Waals surface area contributed by atoms with E-state index in [1.807, 2.05) is 0 Å². The zero-order valence-corrected chi connectivity index (χ0v) is 12.7. The van der Waals surface area contributed by atoms with Gasteiger partial charge in [0.1, 0.15) is 24.0 Å². The first-order valence-electron chi connectivity index (χ1n) is 6.06. The molecule has 0 atom stereocenters. The number of rotatable bonds is 4. The molecule has 0 radical (unpaired) electrons. The average molecular weight is 356 g/mol. The zero-order valence-electron chi connectivity index (χ0n) is 11.1. The lowest BCUT2D eigenvalue weighted by molar-refractivity contribution is 0.302. The van der Waals surface area contributed by atoms with Crippen molar-refractivity contribution < 1.29 is 18.7 Å². The normalized spacial score (nSPS) is 11.5. The van der Waals surface area contributed by atoms with E-state index in [2.05, 4.69) is 21.1 Å². The third kappa shape index (κ3) is 3.78. The second kappa shape index (κ2) is 6.67. The molecule has 2 aromatic carbocycles. The molecule has 0 aliphatic heterocycles. The molecular weight excluding hydrogens is 344 g/mol. The van der Waals surface area contributed by atoms with Gasteiger partial charge in [-0.2, -0.15) is 0 Å². The summed E-state index contributed by atoms with van der Waals surface area (Å²) in [5, 5.41) is 11.9. The third-order valence-electron chi connectivity index (χ3n) is 2.88. The molecule has 0 aliphatic carbocycles. The minimum atomic E-state index is -0.455. The fourth-order valence-electron chi connectivity index (χ4n) is 1.76. The Hall–Kier alpha value is -1.95. The molecule has 2 rings (SSSR count). The summed E-state index contributed by atoms with van der Waals surface area (Å²) in [4.78, 5) is 0. The Morgan fingerprint density at radius 2 is 1.86 bits per heavy atom. The van der Waals surface area contributed by atoms with Crippen molar-refractivity contribution in [1.29, 1.82) is 0 Å². The van der Waals surface area contributed by atoms with E-state index in [4.69, 9.17) is 9.94 Å². The minimum Gasteiger partial charge on any atom is -0.488 e. The summed E-state index contributed by atoms with van der Waals surface area (Å²) in [5.41, 5.74) is 1.34. The first-order valence-corrected chi connectivity index (χ1v) is 6.86. The van der Waals surface area contributed by atoms with Crippen molar-refractivity contribution in [2.45, 2.75) is 13.5 Å². The zero-order chi connectivity index (χ0) is 15.4. The highest BCUT2D eigenvalue weighted by atomic mass is 79.9. The summed E-state index contributed by atoms with van der Waals surface area (Å²) in [6.45, 7) is 1.70. The van der Waals surface area contributed by atoms with Crippen molar-refractivity contribution >= 4 is 21.6 Å². The van der Waals surface area contributed by atoms with E-state index in [1.54, 1.807) is 6.07 Å². The number of hydrogen-bond donors (Lipinski definition) is 1. The Kier molecular flexibility index (Phi) is 4.90. The summed E-state index contributed by atoms with van der Waals surface area (Å²) >= 11 is 3.25. The van der Waals surface area contributed by atoms with Gasteiger partial charge in [-0.05, 0) is 37.3 Å². The van der Waals surface area contributed by atoms with Crippen molar-refractivity contribution in [3.05, 3.63) is 63.6 Å². The number of halogens is 3. The number of nitrogens with zero attached hydrogens (tertiary/aromatic N) is 1. The van der Waals surface area contributed by atoms with Crippen LogP contribution in [0.2, 0.25) is 0 Å². The van der Waals surface area contributed by atoms with E-state index >= 15 is 0 Å². The monoisotopic (exact) mass is 355 g/mol. The third-order valence-corrected chi connectivity index (χ3v) is 3.62. The van der Waals surface area contributed by atoms with Crippen LogP contribution in [0, 0.1) is 11.6 Å². The van der Waals surface area contributed by atoms with Crippen molar-refractivity contribution in [2.24, 2.45) is 5.16 Å². The Morgan fingerprint density at radius 3 is 2.52 bits per heavy atom. The first kappa shape index (κ1) is 15.4. The average Bonchev–Trinajstić information content (AvgIpc) is 2.46. The van der Waals surface area contributed by atoms with Crippen LogP contribution in [-0.2, 0) is 6.61 Å². The molecule has 0 heterocycles. The topological polar surface area (TPSA) is 41.8 Å². The van der Waals surface area contributed by atoms with Gasteiger partial charge in [-0.3, -0.25) is 0 Å². The highest BCUT2D eigenvalue weighted by Crippen LogP contribution is 2.24. The molecule has 0 amide bonds. The second-order valence-corrected chi connectivity index (χ2v) is 5.20. The highest BCUT2D eigenvalue weighted by Gasteiger charge is 2.10. The maximum absolute atomic E-state index is 13.3. The molecule has 6 heteroatoms. The van der Waals surface area contributed by atoms with Crippen molar-refractivity contribution in [3.8, 4) is 5.75 Å². The molecule has 0 bridgehead atoms. The summed E-state index contributed by atoms with van der Waals surface area (Å²) < 4.78 is 32.5. The van der Waals surface area contributed by atoms with E-state index < -0.39 is 5.82 Å². The highest BCUT2D eigenvalue weighted by molar-refractivity contribution is 9.10. The van der Waals surface area contributed by atoms with Gasteiger partial charge in [-0.25, -0.2) is 8.78 Å². The van der Waals surface area contributed by atoms with E-state index in [1.165, 1.54) is 37.3 Å². The van der Waals surface area contributed by atoms with Crippen LogP contribution in [0.3, 0.4) is 0 Å². The fraction of sp³-hybridized carbons (Fsp3) is 0.133. The molecule has 0 saturated heterocycles. The van der Waals surface area contributed by atoms with Gasteiger partial charge in [-0.1, -0.05) is 27.2 Å². The van der Waals surface area contributed by atoms with Crippen LogP contribution in [0.1, 0.15) is 18.1 Å². The van der Waals surface area contributed by atoms with Gasteiger partial charge in [0.15, 0.2) is 0 Å². The predicted molar refractivity (Wildman–Crippen MR) is 78.8 cm³/mol. The Bertz CT molecular complexity index is 689. The van der Waals surface area contributed by atoms with Gasteiger partial charge < -0.3 is 9.94 Å². The molecule has 0 aromatic heterocycles. The van der Waals surface area contributed by atoms with E-state index in [-0.39, 0.29) is 18.1 Å². The number of ether oxygens (including phenoxy) is 1. The standard InChI is InChI=1S/C15H12BrF2NO2/c1-9(19-20)13-6-11(17)4-5-15(13)21-8-10-2-3-12(18)7-14(10)16/h2-7,20H,8H2,1H3/b19-9-. The maximum atomic E-state index is 13.3. The fourth-order valence-corrected chi connectivity index (χ4v) is 2.22. The quantitative estimate of drug-likeness (QED) is 0.498. The van der Waals surface area contributed by atoms with Crippen LogP contribution >= 0.6 is 15.9 Å². The van der Waals surface area contributed by atoms with Crippen molar-refractivity contribution in [3.63, 3.8) is 0 Å². The first-order chi connectivity index (χ1) is 10.0. The van der Waals surface area contributed by atoms with E-state index in [0.29, 0.717) is 15.8 Å². The molecule has 0 unspecified atom stereocenters. The lowest BCUT2D eigenvalue weighted by Gasteiger charge is -2.12. The number of hydrogen-bond acceptors (Lipinski definition) is 3. The van der Waals surface area contributed by atoms with Crippen molar-refractivity contribution in [2.75, 3.05) is 0 Å². The van der Waals surface area contributed by atoms with Crippen LogP contribution in [0.5, 0.6) is 5.75 Å². The Balaban J connectivity index is 2.24. The molecule has 0 saturated carbocycles. The van der Waals surface area contributed by atoms with E-state index in [9.17, 15) is 8.78 Å². The molecular formula is C15H12BrF2NO2. The molecule has 2 aromatic rings. The van der Waals surface area contributed by atoms with Gasteiger partial charge in [0, 0.05) is 15.6 Å². The Morgan fingerprint density at radius 1 is 1.19 bits per heavy atom. The SMILES string of the molecule is C/C(=N/O)c1cc(F)ccc1OCc1ccc(F)cc1Br. The molecule has 3 nitrogen and oxygen atoms in total. The molecule has 0 aliphatic rings. The summed E-state index contributed by atoms with van der Waals surface area (Å²) in [7, 11) is 0. The van der Waals surface area contributed by atoms with Crippen LogP contribution < -0.4 is 4.74 Å². The van der Waals surface area contributed by atoms with Gasteiger partial charge in [0.2, 0.25) is 0 Å². The smallest absolute Gasteiger partial charge is 0.129 e. The Labute approximate surface area is 129 Å². The predicted octanol–water partition coefficient (Wildman–Crippen LogP) is 4.50. The molecule has 1 N–H and O–H groups in total. The molecule has 110 valence electrons. The second-order valence-electron chi connectivity index (χ2n) is 4.35. The molecule has 0 fully saturated rings. The summed E-state index contributed by atoms with van der Waals surface area (Å²) in [6.07, 6.45) is 0. The van der Waals surface area contributed by atoms with Crippen LogP contribution in [0.4, 0.5) is 8.78 Å². The van der Waals surface area contributed by atoms with Gasteiger partial charge in [-0.15, -0.1) is 0 Å². The van der Waals surface area contributed by atoms with Crippen molar-refractivity contribution in [1.82, 2.24) is 0 Å². The maximum Gasteiger partial charge on any atom is 0.129 e. The van der Waals surface area contributed by atoms with Gasteiger partial charge >= 0.3 is 0 Å². The van der Waals surface area contributed by atoms with Crippen LogP contribution in [-0.4, -0.2) is 10.9 Å². The largest absolute Gasteiger partial charge is 0.488 e. The minimum absolute atomic E-state index is 0.165. The van der Waals surface area contributed by atoms with Gasteiger partial charge in [0.25, 0.3) is 0 Å². The molecule has 0 spiro atoms. The van der Waals surface area contributed by atoms with E-state index in [0.717, 1.165) is 5.56 Å². The number of oxime groups is 1.